The molecule has 0 aromatic heterocycles. The van der Waals surface area contributed by atoms with Gasteiger partial charge >= 0.3 is 0 Å². The second-order valence-electron chi connectivity index (χ2n) is 4.59. The molecule has 0 saturated carbocycles. The molecule has 1 saturated heterocycles. The Hall–Kier alpha value is -0.200. The fourth-order valence-corrected chi connectivity index (χ4v) is 2.71. The van der Waals surface area contributed by atoms with E-state index in [4.69, 9.17) is 22.1 Å². The van der Waals surface area contributed by atoms with Crippen LogP contribution in [0.5, 0.6) is 0 Å². The van der Waals surface area contributed by atoms with Crippen molar-refractivity contribution in [3.05, 3.63) is 33.0 Å². The molecule has 6 heteroatoms. The lowest BCUT2D eigenvalue weighted by molar-refractivity contribution is -0.0397. The van der Waals surface area contributed by atoms with Crippen molar-refractivity contribution in [3.63, 3.8) is 0 Å². The molecule has 3 nitrogen and oxygen atoms in total. The third-order valence-electron chi connectivity index (χ3n) is 3.45. The lowest BCUT2D eigenvalue weighted by Crippen LogP contribution is -2.47. The minimum Gasteiger partial charge on any atom is -0.374 e. The van der Waals surface area contributed by atoms with Gasteiger partial charge in [0.25, 0.3) is 0 Å². The van der Waals surface area contributed by atoms with E-state index in [-0.39, 0.29) is 11.1 Å². The second kappa shape index (κ2) is 6.50. The molecule has 1 aliphatic heterocycles. The maximum Gasteiger partial charge on any atom is 0.147 e. The highest BCUT2D eigenvalue weighted by Crippen LogP contribution is 2.31. The quantitative estimate of drug-likeness (QED) is 0.851. The number of hydrogen-bond donors (Lipinski definition) is 1. The van der Waals surface area contributed by atoms with E-state index in [1.807, 2.05) is 0 Å². The molecule has 0 spiro atoms. The Labute approximate surface area is 126 Å². The van der Waals surface area contributed by atoms with Gasteiger partial charge in [-0.1, -0.05) is 24.6 Å². The number of rotatable bonds is 3. The van der Waals surface area contributed by atoms with Crippen LogP contribution in [0.25, 0.3) is 0 Å². The second-order valence-corrected chi connectivity index (χ2v) is 5.83. The van der Waals surface area contributed by atoms with Gasteiger partial charge in [-0.05, 0) is 28.5 Å². The van der Waals surface area contributed by atoms with E-state index in [1.165, 1.54) is 0 Å². The summed E-state index contributed by atoms with van der Waals surface area (Å²) in [7, 11) is 0. The molecule has 0 aliphatic carbocycles. The number of morpholine rings is 1. The van der Waals surface area contributed by atoms with Crippen LogP contribution in [0.4, 0.5) is 4.39 Å². The van der Waals surface area contributed by atoms with Crippen molar-refractivity contribution >= 4 is 27.5 Å². The van der Waals surface area contributed by atoms with Crippen molar-refractivity contribution in [2.75, 3.05) is 26.2 Å². The molecule has 1 aromatic rings. The Bertz CT molecular complexity index is 461. The normalized spacial score (nSPS) is 22.5. The van der Waals surface area contributed by atoms with Gasteiger partial charge in [-0.2, -0.15) is 0 Å². The van der Waals surface area contributed by atoms with Gasteiger partial charge in [0.2, 0.25) is 0 Å². The molecule has 0 radical (unpaired) electrons. The topological polar surface area (TPSA) is 38.5 Å². The Morgan fingerprint density at radius 1 is 1.63 bits per heavy atom. The number of ether oxygens (including phenoxy) is 1. The maximum absolute atomic E-state index is 14.1. The zero-order valence-corrected chi connectivity index (χ0v) is 13.0. The van der Waals surface area contributed by atoms with E-state index in [2.05, 4.69) is 27.8 Å². The van der Waals surface area contributed by atoms with Crippen molar-refractivity contribution in [2.24, 2.45) is 5.73 Å². The van der Waals surface area contributed by atoms with Crippen molar-refractivity contribution in [2.45, 2.75) is 19.1 Å². The zero-order chi connectivity index (χ0) is 14.0. The summed E-state index contributed by atoms with van der Waals surface area (Å²) in [6.45, 7) is 5.26. The predicted molar refractivity (Wildman–Crippen MR) is 77.9 cm³/mol. The van der Waals surface area contributed by atoms with Gasteiger partial charge in [-0.15, -0.1) is 0 Å². The van der Waals surface area contributed by atoms with Gasteiger partial charge < -0.3 is 10.5 Å². The molecule has 1 heterocycles. The summed E-state index contributed by atoms with van der Waals surface area (Å²) in [5, 5.41) is 0.0658. The van der Waals surface area contributed by atoms with Crippen LogP contribution in [0.3, 0.4) is 0 Å². The van der Waals surface area contributed by atoms with Crippen LogP contribution >= 0.6 is 27.5 Å². The molecule has 106 valence electrons. The van der Waals surface area contributed by atoms with Crippen molar-refractivity contribution < 1.29 is 9.13 Å². The fourth-order valence-electron chi connectivity index (χ4n) is 2.23. The van der Waals surface area contributed by atoms with Crippen molar-refractivity contribution in [3.8, 4) is 0 Å². The molecule has 0 bridgehead atoms. The van der Waals surface area contributed by atoms with Crippen LogP contribution in [0.2, 0.25) is 5.02 Å². The van der Waals surface area contributed by atoms with E-state index in [0.29, 0.717) is 23.2 Å². The number of nitrogens with two attached hydrogens (primary N) is 1. The van der Waals surface area contributed by atoms with Crippen LogP contribution in [-0.2, 0) is 4.74 Å². The monoisotopic (exact) mass is 350 g/mol. The number of likely N-dealkylation sites (N-methyl/N-ethyl adjacent to an activating group) is 1. The Morgan fingerprint density at radius 3 is 3.05 bits per heavy atom. The SMILES string of the molecule is CCN1CCOC(C(N)c2ccc(Br)c(Cl)c2F)C1. The van der Waals surface area contributed by atoms with Gasteiger partial charge in [0, 0.05) is 23.1 Å². The molecule has 2 rings (SSSR count). The highest BCUT2D eigenvalue weighted by molar-refractivity contribution is 9.10. The van der Waals surface area contributed by atoms with E-state index >= 15 is 0 Å². The molecule has 2 N–H and O–H groups in total. The van der Waals surface area contributed by atoms with Crippen LogP contribution in [0.1, 0.15) is 18.5 Å². The molecule has 1 fully saturated rings. The van der Waals surface area contributed by atoms with Crippen LogP contribution in [-0.4, -0.2) is 37.2 Å². The van der Waals surface area contributed by atoms with Crippen LogP contribution < -0.4 is 5.73 Å². The summed E-state index contributed by atoms with van der Waals surface area (Å²) in [5.41, 5.74) is 6.54. The molecule has 1 aromatic carbocycles. The minimum atomic E-state index is -0.514. The predicted octanol–water partition coefficient (Wildman–Crippen LogP) is 2.96. The molecule has 1 aliphatic rings. The van der Waals surface area contributed by atoms with Crippen molar-refractivity contribution in [1.82, 2.24) is 4.90 Å². The summed E-state index contributed by atoms with van der Waals surface area (Å²) < 4.78 is 20.3. The minimum absolute atomic E-state index is 0.0658. The highest BCUT2D eigenvalue weighted by atomic mass is 79.9. The molecular formula is C13H17BrClFN2O. The van der Waals surface area contributed by atoms with Crippen molar-refractivity contribution in [1.29, 1.82) is 0 Å². The molecule has 2 atom stereocenters. The molecular weight excluding hydrogens is 335 g/mol. The van der Waals surface area contributed by atoms with Gasteiger partial charge in [0.1, 0.15) is 5.82 Å². The summed E-state index contributed by atoms with van der Waals surface area (Å²) in [4.78, 5) is 2.24. The Morgan fingerprint density at radius 2 is 2.37 bits per heavy atom. The lowest BCUT2D eigenvalue weighted by Gasteiger charge is -2.35. The average Bonchev–Trinajstić information content (AvgIpc) is 2.44. The third-order valence-corrected chi connectivity index (χ3v) is 4.71. The van der Waals surface area contributed by atoms with E-state index in [1.54, 1.807) is 12.1 Å². The summed E-state index contributed by atoms with van der Waals surface area (Å²) in [5.74, 6) is -0.472. The smallest absolute Gasteiger partial charge is 0.147 e. The van der Waals surface area contributed by atoms with Crippen LogP contribution in [0.15, 0.2) is 16.6 Å². The van der Waals surface area contributed by atoms with E-state index in [9.17, 15) is 4.39 Å². The number of benzene rings is 1. The molecule has 0 amide bonds. The maximum atomic E-state index is 14.1. The van der Waals surface area contributed by atoms with E-state index in [0.717, 1.165) is 13.1 Å². The Kier molecular flexibility index (Phi) is 5.20. The summed E-state index contributed by atoms with van der Waals surface area (Å²) in [6.07, 6.45) is -0.208. The number of nitrogens with zero attached hydrogens (tertiary/aromatic N) is 1. The summed E-state index contributed by atoms with van der Waals surface area (Å²) >= 11 is 9.09. The van der Waals surface area contributed by atoms with Gasteiger partial charge in [0.15, 0.2) is 0 Å². The van der Waals surface area contributed by atoms with Gasteiger partial charge in [0.05, 0.1) is 23.8 Å². The largest absolute Gasteiger partial charge is 0.374 e. The molecule has 19 heavy (non-hydrogen) atoms. The third kappa shape index (κ3) is 3.28. The van der Waals surface area contributed by atoms with Gasteiger partial charge in [-0.3, -0.25) is 4.90 Å². The first kappa shape index (κ1) is 15.2. The van der Waals surface area contributed by atoms with Gasteiger partial charge in [-0.25, -0.2) is 4.39 Å². The van der Waals surface area contributed by atoms with Crippen LogP contribution in [0, 0.1) is 5.82 Å². The first-order chi connectivity index (χ1) is 9.04. The number of hydrogen-bond acceptors (Lipinski definition) is 3. The first-order valence-electron chi connectivity index (χ1n) is 6.27. The first-order valence-corrected chi connectivity index (χ1v) is 7.44. The average molecular weight is 352 g/mol. The Balaban J connectivity index is 2.19. The van der Waals surface area contributed by atoms with E-state index < -0.39 is 11.9 Å². The standard InChI is InChI=1S/C13H17BrClFN2O/c1-2-18-5-6-19-10(7-18)13(17)8-3-4-9(14)11(15)12(8)16/h3-4,10,13H,2,5-7,17H2,1H3. The highest BCUT2D eigenvalue weighted by Gasteiger charge is 2.28. The zero-order valence-electron chi connectivity index (χ0n) is 10.7. The fraction of sp³-hybridized carbons (Fsp3) is 0.538. The molecule has 2 unspecified atom stereocenters. The number of halogens is 3. The lowest BCUT2D eigenvalue weighted by atomic mass is 10.0. The summed E-state index contributed by atoms with van der Waals surface area (Å²) in [6, 6.07) is 2.85.